The molecule has 7 heteroatoms. The molecule has 1 aromatic heterocycles. The SMILES string of the molecule is CCOc1ccccc1-n1nnnc1SCCC1CCCCN1C. The monoisotopic (exact) mass is 347 g/mol. The minimum atomic E-state index is 0.621. The van der Waals surface area contributed by atoms with E-state index in [4.69, 9.17) is 4.74 Å². The van der Waals surface area contributed by atoms with Crippen LogP contribution in [0.5, 0.6) is 5.75 Å². The molecule has 0 spiro atoms. The number of ether oxygens (including phenoxy) is 1. The van der Waals surface area contributed by atoms with Gasteiger partial charge in [-0.3, -0.25) is 0 Å². The van der Waals surface area contributed by atoms with Crippen molar-refractivity contribution in [1.82, 2.24) is 25.1 Å². The number of piperidine rings is 1. The lowest BCUT2D eigenvalue weighted by Crippen LogP contribution is -2.36. The lowest BCUT2D eigenvalue weighted by Gasteiger charge is -2.32. The average Bonchev–Trinajstić information content (AvgIpc) is 3.06. The quantitative estimate of drug-likeness (QED) is 0.718. The van der Waals surface area contributed by atoms with Crippen LogP contribution >= 0.6 is 11.8 Å². The molecule has 2 aromatic rings. The fourth-order valence-corrected chi connectivity index (χ4v) is 4.05. The van der Waals surface area contributed by atoms with Gasteiger partial charge in [0.25, 0.3) is 0 Å². The first-order valence-electron chi connectivity index (χ1n) is 8.63. The lowest BCUT2D eigenvalue weighted by molar-refractivity contribution is 0.182. The first kappa shape index (κ1) is 17.2. The van der Waals surface area contributed by atoms with Gasteiger partial charge in [0.1, 0.15) is 11.4 Å². The molecule has 1 aliphatic rings. The Bertz CT molecular complexity index is 647. The summed E-state index contributed by atoms with van der Waals surface area (Å²) in [6, 6.07) is 8.56. The highest BCUT2D eigenvalue weighted by Gasteiger charge is 2.19. The Morgan fingerprint density at radius 1 is 1.29 bits per heavy atom. The van der Waals surface area contributed by atoms with Crippen LogP contribution in [0.4, 0.5) is 0 Å². The topological polar surface area (TPSA) is 56.1 Å². The molecular weight excluding hydrogens is 322 g/mol. The zero-order valence-electron chi connectivity index (χ0n) is 14.4. The number of para-hydroxylation sites is 2. The third-order valence-corrected chi connectivity index (χ3v) is 5.39. The number of hydrogen-bond donors (Lipinski definition) is 0. The van der Waals surface area contributed by atoms with Crippen LogP contribution in [0.25, 0.3) is 5.69 Å². The number of tetrazole rings is 1. The highest BCUT2D eigenvalue weighted by molar-refractivity contribution is 7.99. The first-order chi connectivity index (χ1) is 11.8. The number of benzene rings is 1. The van der Waals surface area contributed by atoms with E-state index < -0.39 is 0 Å². The molecule has 0 bridgehead atoms. The number of hydrogen-bond acceptors (Lipinski definition) is 6. The molecule has 1 unspecified atom stereocenters. The molecule has 0 N–H and O–H groups in total. The van der Waals surface area contributed by atoms with Crippen LogP contribution in [0.1, 0.15) is 32.6 Å². The summed E-state index contributed by atoms with van der Waals surface area (Å²) >= 11 is 1.72. The zero-order valence-corrected chi connectivity index (χ0v) is 15.2. The van der Waals surface area contributed by atoms with E-state index in [-0.39, 0.29) is 0 Å². The Labute approximate surface area is 147 Å². The van der Waals surface area contributed by atoms with Gasteiger partial charge in [-0.2, -0.15) is 4.68 Å². The van der Waals surface area contributed by atoms with Gasteiger partial charge >= 0.3 is 0 Å². The number of rotatable bonds is 7. The van der Waals surface area contributed by atoms with E-state index in [9.17, 15) is 0 Å². The summed E-state index contributed by atoms with van der Waals surface area (Å²) in [5, 5.41) is 13.0. The Morgan fingerprint density at radius 2 is 2.17 bits per heavy atom. The molecule has 1 aliphatic heterocycles. The van der Waals surface area contributed by atoms with Crippen molar-refractivity contribution in [3.63, 3.8) is 0 Å². The van der Waals surface area contributed by atoms with Crippen molar-refractivity contribution in [2.75, 3.05) is 26.0 Å². The Morgan fingerprint density at radius 3 is 3.00 bits per heavy atom. The predicted octanol–water partition coefficient (Wildman–Crippen LogP) is 3.03. The van der Waals surface area contributed by atoms with Gasteiger partial charge in [0.15, 0.2) is 0 Å². The molecule has 6 nitrogen and oxygen atoms in total. The molecule has 2 heterocycles. The maximum atomic E-state index is 5.70. The van der Waals surface area contributed by atoms with Crippen LogP contribution in [0.3, 0.4) is 0 Å². The summed E-state index contributed by atoms with van der Waals surface area (Å²) in [6.45, 7) is 3.82. The van der Waals surface area contributed by atoms with E-state index in [1.807, 2.05) is 31.2 Å². The number of thioether (sulfide) groups is 1. The fourth-order valence-electron chi connectivity index (χ4n) is 3.12. The Hall–Kier alpha value is -1.60. The Kier molecular flexibility index (Phi) is 6.09. The molecule has 0 saturated carbocycles. The maximum Gasteiger partial charge on any atom is 0.214 e. The van der Waals surface area contributed by atoms with Gasteiger partial charge in [-0.15, -0.1) is 5.10 Å². The van der Waals surface area contributed by atoms with Crippen molar-refractivity contribution in [1.29, 1.82) is 0 Å². The summed E-state index contributed by atoms with van der Waals surface area (Å²) in [6.07, 6.45) is 5.14. The zero-order chi connectivity index (χ0) is 16.8. The molecule has 0 amide bonds. The summed E-state index contributed by atoms with van der Waals surface area (Å²) in [7, 11) is 2.23. The molecule has 24 heavy (non-hydrogen) atoms. The van der Waals surface area contributed by atoms with Crippen molar-refractivity contribution in [2.24, 2.45) is 0 Å². The molecular formula is C17H25N5OS. The van der Waals surface area contributed by atoms with Gasteiger partial charge in [-0.25, -0.2) is 0 Å². The standard InChI is InChI=1S/C17H25N5OS/c1-3-23-16-10-5-4-9-15(16)22-17(18-19-20-22)24-13-11-14-8-6-7-12-21(14)2/h4-5,9-10,14H,3,6-8,11-13H2,1-2H3. The van der Waals surface area contributed by atoms with E-state index in [2.05, 4.69) is 27.5 Å². The smallest absolute Gasteiger partial charge is 0.214 e. The third-order valence-electron chi connectivity index (χ3n) is 4.44. The van der Waals surface area contributed by atoms with Crippen LogP contribution < -0.4 is 4.74 Å². The third kappa shape index (κ3) is 4.08. The van der Waals surface area contributed by atoms with E-state index in [0.717, 1.165) is 22.3 Å². The second-order valence-corrected chi connectivity index (χ2v) is 7.10. The maximum absolute atomic E-state index is 5.70. The summed E-state index contributed by atoms with van der Waals surface area (Å²) < 4.78 is 7.48. The van der Waals surface area contributed by atoms with E-state index >= 15 is 0 Å². The molecule has 1 fully saturated rings. The average molecular weight is 347 g/mol. The van der Waals surface area contributed by atoms with Crippen molar-refractivity contribution < 1.29 is 4.74 Å². The number of nitrogens with zero attached hydrogens (tertiary/aromatic N) is 5. The number of likely N-dealkylation sites (tertiary alicyclic amines) is 1. The van der Waals surface area contributed by atoms with Gasteiger partial charge < -0.3 is 9.64 Å². The molecule has 130 valence electrons. The second-order valence-electron chi connectivity index (χ2n) is 6.04. The van der Waals surface area contributed by atoms with E-state index in [0.29, 0.717) is 12.6 Å². The van der Waals surface area contributed by atoms with E-state index in [1.165, 1.54) is 32.2 Å². The predicted molar refractivity (Wildman–Crippen MR) is 95.9 cm³/mol. The summed E-state index contributed by atoms with van der Waals surface area (Å²) in [5.74, 6) is 1.83. The van der Waals surface area contributed by atoms with Gasteiger partial charge in [0.2, 0.25) is 5.16 Å². The highest BCUT2D eigenvalue weighted by atomic mass is 32.2. The van der Waals surface area contributed by atoms with Gasteiger partial charge in [-0.05, 0) is 62.3 Å². The largest absolute Gasteiger partial charge is 0.492 e. The number of aromatic nitrogens is 4. The minimum absolute atomic E-state index is 0.621. The molecule has 1 atom stereocenters. The van der Waals surface area contributed by atoms with Crippen molar-refractivity contribution in [2.45, 2.75) is 43.8 Å². The lowest BCUT2D eigenvalue weighted by atomic mass is 10.0. The van der Waals surface area contributed by atoms with Gasteiger partial charge in [0.05, 0.1) is 6.61 Å². The van der Waals surface area contributed by atoms with Crippen LogP contribution in [0.2, 0.25) is 0 Å². The minimum Gasteiger partial charge on any atom is -0.492 e. The molecule has 0 aliphatic carbocycles. The summed E-state index contributed by atoms with van der Waals surface area (Å²) in [4.78, 5) is 2.48. The Balaban J connectivity index is 1.65. The van der Waals surface area contributed by atoms with Crippen LogP contribution in [-0.4, -0.2) is 57.1 Å². The van der Waals surface area contributed by atoms with Crippen molar-refractivity contribution in [3.8, 4) is 11.4 Å². The second kappa shape index (κ2) is 8.48. The molecule has 0 radical (unpaired) electrons. The molecule has 1 aromatic carbocycles. The summed E-state index contributed by atoms with van der Waals surface area (Å²) in [5.41, 5.74) is 0.890. The van der Waals surface area contributed by atoms with Gasteiger partial charge in [0, 0.05) is 11.8 Å². The first-order valence-corrected chi connectivity index (χ1v) is 9.61. The van der Waals surface area contributed by atoms with Crippen molar-refractivity contribution >= 4 is 11.8 Å². The fraction of sp³-hybridized carbons (Fsp3) is 0.588. The van der Waals surface area contributed by atoms with Crippen molar-refractivity contribution in [3.05, 3.63) is 24.3 Å². The van der Waals surface area contributed by atoms with Crippen LogP contribution in [-0.2, 0) is 0 Å². The van der Waals surface area contributed by atoms with Crippen LogP contribution in [0, 0.1) is 0 Å². The molecule has 1 saturated heterocycles. The molecule has 3 rings (SSSR count). The van der Waals surface area contributed by atoms with Gasteiger partial charge in [-0.1, -0.05) is 30.3 Å². The van der Waals surface area contributed by atoms with E-state index in [1.54, 1.807) is 16.4 Å². The van der Waals surface area contributed by atoms with Crippen LogP contribution in [0.15, 0.2) is 29.4 Å². The highest BCUT2D eigenvalue weighted by Crippen LogP contribution is 2.27. The normalized spacial score (nSPS) is 18.7.